The quantitative estimate of drug-likeness (QED) is 0.536. The summed E-state index contributed by atoms with van der Waals surface area (Å²) in [6.45, 7) is 2.86. The zero-order valence-electron chi connectivity index (χ0n) is 21.0. The lowest BCUT2D eigenvalue weighted by Crippen LogP contribution is -2.51. The molecule has 4 rings (SSSR count). The molecule has 39 heavy (non-hydrogen) atoms. The number of nitrogens with zero attached hydrogens (tertiary/aromatic N) is 3. The molecule has 2 aliphatic heterocycles. The predicted molar refractivity (Wildman–Crippen MR) is 133 cm³/mol. The number of morpholine rings is 1. The van der Waals surface area contributed by atoms with Crippen LogP contribution in [0.1, 0.15) is 23.6 Å². The van der Waals surface area contributed by atoms with Crippen LogP contribution in [0.15, 0.2) is 47.5 Å². The maximum Gasteiger partial charge on any atom is 0.419 e. The SMILES string of the molecule is C[C@@H](Cc1ccc(C(F)(F)F)c(F)c1)C(=O)NC1N=C(N2CCOCC2)c2ccccc2N(CC(N)=O)C1=O. The van der Waals surface area contributed by atoms with Crippen molar-refractivity contribution in [3.8, 4) is 0 Å². The predicted octanol–water partition coefficient (Wildman–Crippen LogP) is 2.08. The Labute approximate surface area is 221 Å². The van der Waals surface area contributed by atoms with Crippen LogP contribution in [0.4, 0.5) is 23.2 Å². The largest absolute Gasteiger partial charge is 0.419 e. The van der Waals surface area contributed by atoms with Crippen molar-refractivity contribution in [2.45, 2.75) is 25.7 Å². The van der Waals surface area contributed by atoms with Crippen molar-refractivity contribution in [2.24, 2.45) is 16.6 Å². The zero-order chi connectivity index (χ0) is 28.3. The van der Waals surface area contributed by atoms with Crippen LogP contribution in [0.25, 0.3) is 0 Å². The number of carbonyl (C=O) groups excluding carboxylic acids is 3. The molecule has 3 amide bonds. The Kier molecular flexibility index (Phi) is 8.19. The number of nitrogens with one attached hydrogen (secondary N) is 1. The third-order valence-corrected chi connectivity index (χ3v) is 6.42. The molecule has 2 aromatic carbocycles. The minimum atomic E-state index is -4.84. The molecule has 9 nitrogen and oxygen atoms in total. The van der Waals surface area contributed by atoms with Crippen LogP contribution < -0.4 is 16.0 Å². The third kappa shape index (κ3) is 6.36. The highest BCUT2D eigenvalue weighted by atomic mass is 19.4. The van der Waals surface area contributed by atoms with E-state index in [1.807, 2.05) is 4.90 Å². The first-order valence-corrected chi connectivity index (χ1v) is 12.2. The van der Waals surface area contributed by atoms with Gasteiger partial charge in [-0.05, 0) is 36.2 Å². The van der Waals surface area contributed by atoms with E-state index in [4.69, 9.17) is 10.5 Å². The molecule has 0 spiro atoms. The van der Waals surface area contributed by atoms with Crippen LogP contribution >= 0.6 is 0 Å². The standard InChI is InChI=1S/C26H27F4N5O4/c1-15(12-16-6-7-18(19(27)13-16)26(28,29)30)24(37)33-22-25(38)35(14-21(31)36)20-5-3-2-4-17(20)23(32-22)34-8-10-39-11-9-34/h2-7,13,15,22H,8-12,14H2,1H3,(H2,31,36)(H,33,37)/t15-,22?/m0/s1. The molecule has 0 bridgehead atoms. The molecule has 0 aromatic heterocycles. The van der Waals surface area contributed by atoms with Crippen LogP contribution in [-0.2, 0) is 31.7 Å². The number of alkyl halides is 3. The Morgan fingerprint density at radius 3 is 2.51 bits per heavy atom. The maximum absolute atomic E-state index is 14.0. The second-order valence-electron chi connectivity index (χ2n) is 9.29. The summed E-state index contributed by atoms with van der Waals surface area (Å²) in [7, 11) is 0. The van der Waals surface area contributed by atoms with E-state index in [1.54, 1.807) is 24.3 Å². The Bertz CT molecular complexity index is 1290. The number of nitrogens with two attached hydrogens (primary N) is 1. The van der Waals surface area contributed by atoms with Gasteiger partial charge in [0.1, 0.15) is 18.2 Å². The summed E-state index contributed by atoms with van der Waals surface area (Å²) in [4.78, 5) is 46.2. The summed E-state index contributed by atoms with van der Waals surface area (Å²) in [5.41, 5.74) is 5.16. The van der Waals surface area contributed by atoms with E-state index in [-0.39, 0.29) is 12.0 Å². The Balaban J connectivity index is 1.61. The Hall–Kier alpha value is -4.00. The van der Waals surface area contributed by atoms with E-state index in [2.05, 4.69) is 10.3 Å². The third-order valence-electron chi connectivity index (χ3n) is 6.42. The zero-order valence-corrected chi connectivity index (χ0v) is 21.0. The second-order valence-corrected chi connectivity index (χ2v) is 9.29. The van der Waals surface area contributed by atoms with Crippen molar-refractivity contribution >= 4 is 29.2 Å². The van der Waals surface area contributed by atoms with Crippen LogP contribution in [0.2, 0.25) is 0 Å². The van der Waals surface area contributed by atoms with Crippen molar-refractivity contribution in [3.05, 3.63) is 65.0 Å². The smallest absolute Gasteiger partial charge is 0.378 e. The fourth-order valence-corrected chi connectivity index (χ4v) is 4.49. The molecule has 2 atom stereocenters. The van der Waals surface area contributed by atoms with Gasteiger partial charge in [0.15, 0.2) is 0 Å². The molecule has 208 valence electrons. The lowest BCUT2D eigenvalue weighted by atomic mass is 9.99. The number of benzene rings is 2. The highest BCUT2D eigenvalue weighted by molar-refractivity contribution is 6.13. The highest BCUT2D eigenvalue weighted by Gasteiger charge is 2.36. The first-order chi connectivity index (χ1) is 18.5. The maximum atomic E-state index is 14.0. The molecule has 0 aliphatic carbocycles. The van der Waals surface area contributed by atoms with E-state index in [0.717, 1.165) is 17.0 Å². The summed E-state index contributed by atoms with van der Waals surface area (Å²) < 4.78 is 58.1. The average molecular weight is 550 g/mol. The number of halogens is 4. The van der Waals surface area contributed by atoms with Gasteiger partial charge in [0.25, 0.3) is 5.91 Å². The second kappa shape index (κ2) is 11.4. The van der Waals surface area contributed by atoms with Crippen molar-refractivity contribution in [2.75, 3.05) is 37.7 Å². The van der Waals surface area contributed by atoms with Crippen LogP contribution in [0.5, 0.6) is 0 Å². The number of benzodiazepines with no additional fused rings is 1. The number of rotatable bonds is 6. The van der Waals surface area contributed by atoms with Gasteiger partial charge >= 0.3 is 6.18 Å². The Morgan fingerprint density at radius 2 is 1.87 bits per heavy atom. The number of para-hydroxylation sites is 1. The molecule has 3 N–H and O–H groups in total. The van der Waals surface area contributed by atoms with E-state index in [9.17, 15) is 31.9 Å². The molecule has 0 saturated carbocycles. The minimum Gasteiger partial charge on any atom is -0.378 e. The molecule has 2 heterocycles. The number of anilines is 1. The number of hydrogen-bond donors (Lipinski definition) is 2. The number of amidine groups is 1. The first kappa shape index (κ1) is 28.0. The van der Waals surface area contributed by atoms with Gasteiger partial charge < -0.3 is 20.7 Å². The van der Waals surface area contributed by atoms with Gasteiger partial charge in [-0.1, -0.05) is 25.1 Å². The van der Waals surface area contributed by atoms with Crippen LogP contribution in [0, 0.1) is 11.7 Å². The number of carbonyl (C=O) groups is 3. The normalized spacial score (nSPS) is 18.6. The fraction of sp³-hybridized carbons (Fsp3) is 0.385. The lowest BCUT2D eigenvalue weighted by Gasteiger charge is -2.30. The van der Waals surface area contributed by atoms with E-state index in [0.29, 0.717) is 49.5 Å². The van der Waals surface area contributed by atoms with Gasteiger partial charge in [0, 0.05) is 24.6 Å². The van der Waals surface area contributed by atoms with E-state index >= 15 is 0 Å². The lowest BCUT2D eigenvalue weighted by molar-refractivity contribution is -0.140. The number of aliphatic imine (C=N–C) groups is 1. The molecule has 2 aromatic rings. The summed E-state index contributed by atoms with van der Waals surface area (Å²) in [6.07, 6.45) is -6.35. The monoisotopic (exact) mass is 549 g/mol. The van der Waals surface area contributed by atoms with Crippen molar-refractivity contribution in [3.63, 3.8) is 0 Å². The summed E-state index contributed by atoms with van der Waals surface area (Å²) in [5.74, 6) is -3.96. The van der Waals surface area contributed by atoms with Gasteiger partial charge in [-0.2, -0.15) is 13.2 Å². The van der Waals surface area contributed by atoms with Gasteiger partial charge in [-0.3, -0.25) is 19.3 Å². The minimum absolute atomic E-state index is 0.0902. The molecular weight excluding hydrogens is 522 g/mol. The van der Waals surface area contributed by atoms with Crippen LogP contribution in [0.3, 0.4) is 0 Å². The highest BCUT2D eigenvalue weighted by Crippen LogP contribution is 2.32. The molecule has 1 unspecified atom stereocenters. The number of fused-ring (bicyclic) bond motifs is 1. The van der Waals surface area contributed by atoms with E-state index < -0.39 is 53.9 Å². The molecule has 1 fully saturated rings. The van der Waals surface area contributed by atoms with Gasteiger partial charge in [0.05, 0.1) is 24.5 Å². The number of amides is 3. The summed E-state index contributed by atoms with van der Waals surface area (Å²) in [6, 6.07) is 9.32. The van der Waals surface area contributed by atoms with Crippen molar-refractivity contribution in [1.29, 1.82) is 0 Å². The summed E-state index contributed by atoms with van der Waals surface area (Å²) in [5, 5.41) is 2.58. The van der Waals surface area contributed by atoms with Crippen molar-refractivity contribution < 1.29 is 36.7 Å². The van der Waals surface area contributed by atoms with Gasteiger partial charge in [-0.25, -0.2) is 9.38 Å². The fourth-order valence-electron chi connectivity index (χ4n) is 4.49. The number of hydrogen-bond acceptors (Lipinski definition) is 6. The van der Waals surface area contributed by atoms with Crippen LogP contribution in [-0.4, -0.2) is 67.5 Å². The molecule has 1 saturated heterocycles. The number of primary amides is 1. The summed E-state index contributed by atoms with van der Waals surface area (Å²) >= 11 is 0. The molecule has 2 aliphatic rings. The molecule has 13 heteroatoms. The molecule has 0 radical (unpaired) electrons. The van der Waals surface area contributed by atoms with Gasteiger partial charge in [0.2, 0.25) is 18.0 Å². The molecular formula is C26H27F4N5O4. The first-order valence-electron chi connectivity index (χ1n) is 12.2. The average Bonchev–Trinajstić information content (AvgIpc) is 2.99. The van der Waals surface area contributed by atoms with Gasteiger partial charge in [-0.15, -0.1) is 0 Å². The van der Waals surface area contributed by atoms with Crippen molar-refractivity contribution in [1.82, 2.24) is 10.2 Å². The Morgan fingerprint density at radius 1 is 1.18 bits per heavy atom. The topological polar surface area (TPSA) is 117 Å². The number of ether oxygens (including phenoxy) is 1. The van der Waals surface area contributed by atoms with E-state index in [1.165, 1.54) is 6.92 Å².